The summed E-state index contributed by atoms with van der Waals surface area (Å²) in [5.74, 6) is 0.407. The van der Waals surface area contributed by atoms with Crippen LogP contribution in [0.15, 0.2) is 24.3 Å². The molecule has 0 aliphatic heterocycles. The highest BCUT2D eigenvalue weighted by atomic mass is 16.5. The van der Waals surface area contributed by atoms with Crippen LogP contribution in [0.1, 0.15) is 0 Å². The Bertz CT molecular complexity index is 402. The van der Waals surface area contributed by atoms with Crippen molar-refractivity contribution in [1.29, 1.82) is 0 Å². The zero-order chi connectivity index (χ0) is 12.2. The molecule has 0 aliphatic rings. The van der Waals surface area contributed by atoms with Crippen LogP contribution in [0.4, 0.5) is 10.5 Å². The van der Waals surface area contributed by atoms with E-state index in [1.54, 1.807) is 38.4 Å². The summed E-state index contributed by atoms with van der Waals surface area (Å²) in [6.45, 7) is 0. The molecule has 0 bridgehead atoms. The molecule has 0 spiro atoms. The van der Waals surface area contributed by atoms with Crippen LogP contribution < -0.4 is 14.5 Å². The van der Waals surface area contributed by atoms with E-state index < -0.39 is 6.09 Å². The molecule has 0 saturated heterocycles. The van der Waals surface area contributed by atoms with Gasteiger partial charge in [0.25, 0.3) is 0 Å². The van der Waals surface area contributed by atoms with E-state index in [9.17, 15) is 9.59 Å². The lowest BCUT2D eigenvalue weighted by Gasteiger charge is -2.20. The Balaban J connectivity index is 2.95. The average Bonchev–Trinajstić information content (AvgIpc) is 2.29. The number of nitrogens with zero attached hydrogens (tertiary/aromatic N) is 1. The Morgan fingerprint density at radius 2 is 2.12 bits per heavy atom. The lowest BCUT2D eigenvalue weighted by atomic mass is 10.2. The summed E-state index contributed by atoms with van der Waals surface area (Å²) >= 11 is 0. The van der Waals surface area contributed by atoms with Gasteiger partial charge in [0.1, 0.15) is 11.4 Å². The predicted octanol–water partition coefficient (Wildman–Crippen LogP) is 1.13. The number of quaternary nitrogens is 1. The molecule has 0 fully saturated rings. The summed E-state index contributed by atoms with van der Waals surface area (Å²) in [4.78, 5) is 21.9. The number of nitrogens with one attached hydrogen (secondary N) is 1. The summed E-state index contributed by atoms with van der Waals surface area (Å²) in [6.07, 6.45) is 0.271. The van der Waals surface area contributed by atoms with Crippen molar-refractivity contribution in [3.63, 3.8) is 0 Å². The molecule has 0 unspecified atom stereocenters. The Morgan fingerprint density at radius 3 is 2.69 bits per heavy atom. The second-order valence-corrected chi connectivity index (χ2v) is 3.78. The third-order valence-corrected chi connectivity index (χ3v) is 2.16. The second kappa shape index (κ2) is 4.76. The Morgan fingerprint density at radius 1 is 1.44 bits per heavy atom. The number of carbonyl (C=O) groups excluding carboxylic acids is 2. The Labute approximate surface area is 94.2 Å². The van der Waals surface area contributed by atoms with Gasteiger partial charge in [0.15, 0.2) is 0 Å². The first kappa shape index (κ1) is 12.2. The highest BCUT2D eigenvalue weighted by molar-refractivity contribution is 5.72. The molecule has 0 aromatic heterocycles. The lowest BCUT2D eigenvalue weighted by molar-refractivity contribution is -0.115. The summed E-state index contributed by atoms with van der Waals surface area (Å²) < 4.78 is 5.04. The smallest absolute Gasteiger partial charge is 0.410 e. The molecular formula is C11H15N2O3+. The van der Waals surface area contributed by atoms with Crippen molar-refractivity contribution >= 4 is 18.2 Å². The van der Waals surface area contributed by atoms with Crippen molar-refractivity contribution in [2.75, 3.05) is 21.1 Å². The molecule has 5 heteroatoms. The highest BCUT2D eigenvalue weighted by Gasteiger charge is 2.18. The molecule has 1 aromatic carbocycles. The molecule has 1 N–H and O–H groups in total. The van der Waals surface area contributed by atoms with Crippen molar-refractivity contribution in [3.8, 4) is 5.75 Å². The van der Waals surface area contributed by atoms with Crippen LogP contribution in [0.3, 0.4) is 0 Å². The first-order valence-corrected chi connectivity index (χ1v) is 4.80. The molecule has 86 valence electrons. The monoisotopic (exact) mass is 223 g/mol. The molecule has 0 heterocycles. The zero-order valence-corrected chi connectivity index (χ0v) is 9.56. The van der Waals surface area contributed by atoms with Gasteiger partial charge in [0, 0.05) is 13.1 Å². The number of benzene rings is 1. The van der Waals surface area contributed by atoms with Gasteiger partial charge >= 0.3 is 12.5 Å². The fourth-order valence-corrected chi connectivity index (χ4v) is 1.12. The molecule has 2 amide bonds. The highest BCUT2D eigenvalue weighted by Crippen LogP contribution is 2.22. The summed E-state index contributed by atoms with van der Waals surface area (Å²) in [5.41, 5.74) is 0.747. The van der Waals surface area contributed by atoms with Gasteiger partial charge in [0.05, 0.1) is 14.1 Å². The van der Waals surface area contributed by atoms with Gasteiger partial charge in [0.2, 0.25) is 0 Å². The third kappa shape index (κ3) is 2.80. The molecule has 0 radical (unpaired) electrons. The van der Waals surface area contributed by atoms with E-state index in [2.05, 4.69) is 5.32 Å². The lowest BCUT2D eigenvalue weighted by Crippen LogP contribution is -2.38. The number of hydrogen-bond donors (Lipinski definition) is 1. The van der Waals surface area contributed by atoms with Gasteiger partial charge in [-0.1, -0.05) is 6.07 Å². The van der Waals surface area contributed by atoms with E-state index in [1.165, 1.54) is 7.05 Å². The van der Waals surface area contributed by atoms with Crippen molar-refractivity contribution in [3.05, 3.63) is 24.3 Å². The third-order valence-electron chi connectivity index (χ3n) is 2.16. The largest absolute Gasteiger partial charge is 0.412 e. The average molecular weight is 223 g/mol. The molecule has 0 saturated carbocycles. The Kier molecular flexibility index (Phi) is 3.63. The maximum absolute atomic E-state index is 11.0. The molecule has 16 heavy (non-hydrogen) atoms. The Hall–Kier alpha value is -1.88. The van der Waals surface area contributed by atoms with Crippen LogP contribution in [-0.2, 0) is 4.79 Å². The number of rotatable bonds is 3. The maximum atomic E-state index is 11.0. The standard InChI is InChI=1S/C11H14N2O3/c1-12-11(15)16-10-6-4-5-9(7-10)13(2,3)8-14/h4-8H,1-3H3/p+1. The van der Waals surface area contributed by atoms with Crippen LogP contribution in [0.5, 0.6) is 5.75 Å². The van der Waals surface area contributed by atoms with E-state index in [-0.39, 0.29) is 4.48 Å². The van der Waals surface area contributed by atoms with Crippen LogP contribution in [0.2, 0.25) is 0 Å². The van der Waals surface area contributed by atoms with Crippen LogP contribution >= 0.6 is 0 Å². The first-order chi connectivity index (χ1) is 7.49. The predicted molar refractivity (Wildman–Crippen MR) is 61.2 cm³/mol. The van der Waals surface area contributed by atoms with E-state index in [4.69, 9.17) is 4.74 Å². The molecule has 5 nitrogen and oxygen atoms in total. The molecule has 0 aliphatic carbocycles. The van der Waals surface area contributed by atoms with Crippen LogP contribution in [-0.4, -0.2) is 33.6 Å². The van der Waals surface area contributed by atoms with E-state index in [0.717, 1.165) is 12.1 Å². The normalized spacial score (nSPS) is 10.7. The van der Waals surface area contributed by atoms with Gasteiger partial charge < -0.3 is 10.1 Å². The summed E-state index contributed by atoms with van der Waals surface area (Å²) in [5, 5.41) is 2.35. The van der Waals surface area contributed by atoms with Gasteiger partial charge in [-0.25, -0.2) is 14.1 Å². The van der Waals surface area contributed by atoms with E-state index in [0.29, 0.717) is 5.75 Å². The van der Waals surface area contributed by atoms with Crippen molar-refractivity contribution in [1.82, 2.24) is 9.80 Å². The van der Waals surface area contributed by atoms with E-state index in [1.807, 2.05) is 0 Å². The van der Waals surface area contributed by atoms with Crippen LogP contribution in [0.25, 0.3) is 0 Å². The molecule has 0 atom stereocenters. The maximum Gasteiger partial charge on any atom is 0.412 e. The number of amides is 2. The molecular weight excluding hydrogens is 208 g/mol. The fourth-order valence-electron chi connectivity index (χ4n) is 1.12. The topological polar surface area (TPSA) is 55.4 Å². The second-order valence-electron chi connectivity index (χ2n) is 3.78. The SMILES string of the molecule is CNC(=O)Oc1cccc([N+](C)(C)C=O)c1. The van der Waals surface area contributed by atoms with Gasteiger partial charge in [-0.15, -0.1) is 0 Å². The fraction of sp³-hybridized carbons (Fsp3) is 0.273. The minimum atomic E-state index is -0.534. The number of carbonyl (C=O) groups is 2. The number of ether oxygens (including phenoxy) is 1. The van der Waals surface area contributed by atoms with Crippen LogP contribution in [0, 0.1) is 0 Å². The van der Waals surface area contributed by atoms with Crippen molar-refractivity contribution in [2.24, 2.45) is 0 Å². The summed E-state index contributed by atoms with van der Waals surface area (Å²) in [7, 11) is 4.97. The van der Waals surface area contributed by atoms with Gasteiger partial charge in [-0.2, -0.15) is 0 Å². The minimum Gasteiger partial charge on any atom is -0.410 e. The summed E-state index contributed by atoms with van der Waals surface area (Å²) in [6, 6.07) is 6.84. The van der Waals surface area contributed by atoms with E-state index >= 15 is 0 Å². The number of hydrogen-bond acceptors (Lipinski definition) is 3. The van der Waals surface area contributed by atoms with Crippen molar-refractivity contribution in [2.45, 2.75) is 0 Å². The molecule has 1 rings (SSSR count). The minimum absolute atomic E-state index is 0.0743. The quantitative estimate of drug-likeness (QED) is 0.617. The van der Waals surface area contributed by atoms with Crippen molar-refractivity contribution < 1.29 is 14.3 Å². The van der Waals surface area contributed by atoms with Gasteiger partial charge in [-0.3, -0.25) is 0 Å². The molecule has 1 aromatic rings. The first-order valence-electron chi connectivity index (χ1n) is 4.80. The zero-order valence-electron chi connectivity index (χ0n) is 9.56. The van der Waals surface area contributed by atoms with Gasteiger partial charge in [-0.05, 0) is 12.1 Å².